The Labute approximate surface area is 127 Å². The summed E-state index contributed by atoms with van der Waals surface area (Å²) in [6, 6.07) is 10.0. The summed E-state index contributed by atoms with van der Waals surface area (Å²) in [5.41, 5.74) is 8.82. The molecule has 0 fully saturated rings. The molecular weight excluding hydrogens is 370 g/mol. The van der Waals surface area contributed by atoms with Crippen LogP contribution in [0.5, 0.6) is 0 Å². The summed E-state index contributed by atoms with van der Waals surface area (Å²) in [6.07, 6.45) is -0.180. The van der Waals surface area contributed by atoms with Gasteiger partial charge in [0.25, 0.3) is 0 Å². The Morgan fingerprint density at radius 3 is 2.47 bits per heavy atom. The second kappa shape index (κ2) is 4.72. The van der Waals surface area contributed by atoms with Gasteiger partial charge in [0.05, 0.1) is 15.5 Å². The normalized spacial score (nSPS) is 16.7. The summed E-state index contributed by atoms with van der Waals surface area (Å²) in [4.78, 5) is 9.29. The summed E-state index contributed by atoms with van der Waals surface area (Å²) in [6.45, 7) is 1.98. The Morgan fingerprint density at radius 2 is 1.79 bits per heavy atom. The van der Waals surface area contributed by atoms with Crippen LogP contribution >= 0.6 is 31.9 Å². The molecule has 1 unspecified atom stereocenters. The third-order valence-corrected chi connectivity index (χ3v) is 4.48. The average molecular weight is 381 g/mol. The van der Waals surface area contributed by atoms with Crippen molar-refractivity contribution in [2.75, 3.05) is 5.73 Å². The van der Waals surface area contributed by atoms with Gasteiger partial charge in [-0.15, -0.1) is 0 Å². The van der Waals surface area contributed by atoms with Gasteiger partial charge in [0.1, 0.15) is 5.36 Å². The molecule has 0 saturated carbocycles. The molecule has 0 aromatic heterocycles. The number of hydrogen-bond donors (Lipinski definition) is 1. The van der Waals surface area contributed by atoms with Gasteiger partial charge in [-0.1, -0.05) is 28.1 Å². The second-order valence-electron chi connectivity index (χ2n) is 4.47. The topological polar surface area (TPSA) is 50.7 Å². The number of nitrogens with zero attached hydrogens (tertiary/aromatic N) is 2. The molecule has 2 N–H and O–H groups in total. The van der Waals surface area contributed by atoms with Gasteiger partial charge in [-0.05, 0) is 52.2 Å². The summed E-state index contributed by atoms with van der Waals surface area (Å²) < 4.78 is 1.89. The predicted octanol–water partition coefficient (Wildman–Crippen LogP) is 3.05. The lowest BCUT2D eigenvalue weighted by molar-refractivity contribution is 0.770. The first-order valence-electron chi connectivity index (χ1n) is 5.82. The number of anilines is 1. The molecule has 0 spiro atoms. The molecule has 1 aliphatic rings. The van der Waals surface area contributed by atoms with Crippen LogP contribution < -0.4 is 16.4 Å². The molecule has 1 heterocycles. The lowest BCUT2D eigenvalue weighted by atomic mass is 10.2. The van der Waals surface area contributed by atoms with Gasteiger partial charge in [0.2, 0.25) is 0 Å². The highest BCUT2D eigenvalue weighted by molar-refractivity contribution is 9.10. The fourth-order valence-electron chi connectivity index (χ4n) is 2.05. The number of nitrogen functional groups attached to an aromatic ring is 1. The van der Waals surface area contributed by atoms with E-state index in [0.717, 1.165) is 36.5 Å². The van der Waals surface area contributed by atoms with Crippen LogP contribution in [-0.4, -0.2) is 0 Å². The van der Waals surface area contributed by atoms with Crippen LogP contribution in [0.15, 0.2) is 49.3 Å². The van der Waals surface area contributed by atoms with Gasteiger partial charge in [0.15, 0.2) is 6.17 Å². The molecule has 5 heteroatoms. The highest BCUT2D eigenvalue weighted by Crippen LogP contribution is 2.24. The molecule has 3 rings (SSSR count). The fraction of sp³-hybridized carbons (Fsp3) is 0.143. The van der Waals surface area contributed by atoms with Crippen LogP contribution in [0.1, 0.15) is 17.3 Å². The van der Waals surface area contributed by atoms with E-state index < -0.39 is 0 Å². The van der Waals surface area contributed by atoms with Crippen molar-refractivity contribution >= 4 is 37.5 Å². The highest BCUT2D eigenvalue weighted by atomic mass is 79.9. The Hall–Kier alpha value is -1.20. The second-order valence-corrected chi connectivity index (χ2v) is 6.18. The molecule has 1 atom stereocenters. The lowest BCUT2D eigenvalue weighted by Gasteiger charge is -2.03. The van der Waals surface area contributed by atoms with Gasteiger partial charge in [-0.3, -0.25) is 9.98 Å². The molecule has 0 amide bonds. The van der Waals surface area contributed by atoms with Crippen molar-refractivity contribution in [3.05, 3.63) is 61.1 Å². The lowest BCUT2D eigenvalue weighted by Crippen LogP contribution is -2.24. The standard InChI is InChI=1S/C14H11Br2N3/c1-7-6-10-13(11(16)12(7)17)19-14(18-10)8-2-4-9(15)5-3-8/h2-6,14H,17H2,1H3. The Balaban J connectivity index is 2.15. The average Bonchev–Trinajstić information content (AvgIpc) is 2.81. The Morgan fingerprint density at radius 1 is 1.11 bits per heavy atom. The number of benzene rings is 2. The zero-order valence-corrected chi connectivity index (χ0v) is 13.4. The van der Waals surface area contributed by atoms with Crippen molar-refractivity contribution in [3.8, 4) is 0 Å². The predicted molar refractivity (Wildman–Crippen MR) is 82.5 cm³/mol. The largest absolute Gasteiger partial charge is 0.398 e. The molecule has 0 aliphatic carbocycles. The quantitative estimate of drug-likeness (QED) is 0.759. The van der Waals surface area contributed by atoms with E-state index in [9.17, 15) is 0 Å². The van der Waals surface area contributed by atoms with Gasteiger partial charge in [-0.2, -0.15) is 0 Å². The van der Waals surface area contributed by atoms with Crippen molar-refractivity contribution in [2.24, 2.45) is 9.98 Å². The van der Waals surface area contributed by atoms with E-state index in [1.54, 1.807) is 0 Å². The first-order valence-corrected chi connectivity index (χ1v) is 7.40. The van der Waals surface area contributed by atoms with Crippen LogP contribution in [-0.2, 0) is 0 Å². The maximum Gasteiger partial charge on any atom is 0.166 e. The zero-order chi connectivity index (χ0) is 13.6. The molecule has 19 heavy (non-hydrogen) atoms. The third-order valence-electron chi connectivity index (χ3n) is 3.15. The number of halogens is 2. The number of nitrogens with two attached hydrogens (primary N) is 1. The van der Waals surface area contributed by atoms with E-state index in [4.69, 9.17) is 5.73 Å². The van der Waals surface area contributed by atoms with Crippen LogP contribution in [0.4, 0.5) is 5.69 Å². The first kappa shape index (κ1) is 12.8. The number of fused-ring (bicyclic) bond motifs is 1. The summed E-state index contributed by atoms with van der Waals surface area (Å²) in [5, 5.41) is 1.74. The van der Waals surface area contributed by atoms with Gasteiger partial charge >= 0.3 is 0 Å². The van der Waals surface area contributed by atoms with Crippen LogP contribution in [0.2, 0.25) is 0 Å². The molecule has 0 radical (unpaired) electrons. The molecular formula is C14H11Br2N3. The number of hydrogen-bond acceptors (Lipinski definition) is 3. The fourth-order valence-corrected chi connectivity index (χ4v) is 2.93. The number of aryl methyl sites for hydroxylation is 1. The molecule has 0 bridgehead atoms. The van der Waals surface area contributed by atoms with Crippen LogP contribution in [0.3, 0.4) is 0 Å². The molecule has 0 saturated heterocycles. The maximum atomic E-state index is 6.00. The van der Waals surface area contributed by atoms with Crippen LogP contribution in [0, 0.1) is 6.92 Å². The zero-order valence-electron chi connectivity index (χ0n) is 10.2. The molecule has 2 aromatic carbocycles. The minimum atomic E-state index is -0.180. The van der Waals surface area contributed by atoms with Crippen LogP contribution in [0.25, 0.3) is 0 Å². The minimum absolute atomic E-state index is 0.180. The van der Waals surface area contributed by atoms with Gasteiger partial charge < -0.3 is 5.73 Å². The van der Waals surface area contributed by atoms with Gasteiger partial charge in [-0.25, -0.2) is 0 Å². The van der Waals surface area contributed by atoms with E-state index in [1.807, 2.05) is 37.3 Å². The van der Waals surface area contributed by atoms with Crippen molar-refractivity contribution < 1.29 is 0 Å². The monoisotopic (exact) mass is 379 g/mol. The summed E-state index contributed by atoms with van der Waals surface area (Å²) >= 11 is 6.94. The molecule has 96 valence electrons. The Kier molecular flexibility index (Phi) is 3.19. The van der Waals surface area contributed by atoms with Crippen molar-refractivity contribution in [1.29, 1.82) is 0 Å². The van der Waals surface area contributed by atoms with Crippen molar-refractivity contribution in [2.45, 2.75) is 13.1 Å². The molecule has 2 aromatic rings. The molecule has 3 nitrogen and oxygen atoms in total. The molecule has 1 aliphatic heterocycles. The van der Waals surface area contributed by atoms with E-state index in [0.29, 0.717) is 0 Å². The van der Waals surface area contributed by atoms with Gasteiger partial charge in [0, 0.05) is 4.47 Å². The first-order chi connectivity index (χ1) is 9.06. The third kappa shape index (κ3) is 2.21. The summed E-state index contributed by atoms with van der Waals surface area (Å²) in [5.74, 6) is 0. The maximum absolute atomic E-state index is 6.00. The van der Waals surface area contributed by atoms with Crippen molar-refractivity contribution in [3.63, 3.8) is 0 Å². The smallest absolute Gasteiger partial charge is 0.166 e. The highest BCUT2D eigenvalue weighted by Gasteiger charge is 2.16. The SMILES string of the molecule is Cc1cc2c(c(Br)c1N)=NC(c1ccc(Br)cc1)N=2. The van der Waals surface area contributed by atoms with E-state index in [2.05, 4.69) is 41.8 Å². The Bertz CT molecular complexity index is 767. The summed E-state index contributed by atoms with van der Waals surface area (Å²) in [7, 11) is 0. The van der Waals surface area contributed by atoms with E-state index in [-0.39, 0.29) is 6.17 Å². The number of rotatable bonds is 1. The van der Waals surface area contributed by atoms with Crippen molar-refractivity contribution in [1.82, 2.24) is 0 Å². The van der Waals surface area contributed by atoms with E-state index >= 15 is 0 Å². The van der Waals surface area contributed by atoms with E-state index in [1.165, 1.54) is 0 Å². The minimum Gasteiger partial charge on any atom is -0.398 e.